The molecule has 3 nitrogen and oxygen atoms in total. The molecule has 66 valence electrons. The van der Waals surface area contributed by atoms with Crippen LogP contribution in [0.15, 0.2) is 12.2 Å². The fourth-order valence-corrected chi connectivity index (χ4v) is 1.65. The lowest BCUT2D eigenvalue weighted by Crippen LogP contribution is -2.19. The summed E-state index contributed by atoms with van der Waals surface area (Å²) in [5.74, 6) is -0.289. The fourth-order valence-electron chi connectivity index (χ4n) is 1.65. The number of carbonyl (C=O) groups excluding carboxylic acids is 1. The van der Waals surface area contributed by atoms with Crippen molar-refractivity contribution >= 4 is 5.97 Å². The van der Waals surface area contributed by atoms with E-state index in [4.69, 9.17) is 4.74 Å². The number of ether oxygens (including phenoxy) is 2. The normalized spacial score (nSPS) is 29.2. The minimum atomic E-state index is -0.289. The summed E-state index contributed by atoms with van der Waals surface area (Å²) in [5.41, 5.74) is 0.542. The molecule has 0 radical (unpaired) electrons. The lowest BCUT2D eigenvalue weighted by molar-refractivity contribution is -0.137. The van der Waals surface area contributed by atoms with Gasteiger partial charge in [-0.3, -0.25) is 0 Å². The Bertz CT molecular complexity index is 236. The summed E-state index contributed by atoms with van der Waals surface area (Å²) in [7, 11) is 1.39. The van der Waals surface area contributed by atoms with E-state index in [2.05, 4.69) is 11.3 Å². The molecule has 1 atom stereocenters. The molecule has 0 N–H and O–H groups in total. The molecule has 0 spiro atoms. The molecular weight excluding hydrogens is 156 g/mol. The van der Waals surface area contributed by atoms with Crippen molar-refractivity contribution in [2.45, 2.75) is 18.9 Å². The Morgan fingerprint density at radius 3 is 2.58 bits per heavy atom. The Hall–Kier alpha value is -0.830. The molecule has 0 amide bonds. The predicted molar refractivity (Wildman–Crippen MR) is 42.6 cm³/mol. The first-order valence-electron chi connectivity index (χ1n) is 4.10. The summed E-state index contributed by atoms with van der Waals surface area (Å²) in [5, 5.41) is 0. The van der Waals surface area contributed by atoms with Gasteiger partial charge in [0, 0.05) is 11.0 Å². The topological polar surface area (TPSA) is 38.8 Å². The summed E-state index contributed by atoms with van der Waals surface area (Å²) in [4.78, 5) is 11.2. The zero-order chi connectivity index (χ0) is 8.77. The van der Waals surface area contributed by atoms with Gasteiger partial charge in [0.05, 0.1) is 19.8 Å². The second-order valence-corrected chi connectivity index (χ2v) is 3.45. The van der Waals surface area contributed by atoms with Gasteiger partial charge < -0.3 is 9.47 Å². The van der Waals surface area contributed by atoms with E-state index in [0.29, 0.717) is 5.57 Å². The van der Waals surface area contributed by atoms with Crippen LogP contribution < -0.4 is 0 Å². The molecule has 0 bridgehead atoms. The fraction of sp³-hybridized carbons (Fsp3) is 0.667. The Labute approximate surface area is 71.3 Å². The molecule has 1 heterocycles. The highest BCUT2D eigenvalue weighted by Gasteiger charge is 2.59. The third-order valence-corrected chi connectivity index (χ3v) is 2.77. The van der Waals surface area contributed by atoms with Crippen LogP contribution in [0.2, 0.25) is 0 Å². The first-order valence-corrected chi connectivity index (χ1v) is 4.10. The summed E-state index contributed by atoms with van der Waals surface area (Å²) >= 11 is 0. The van der Waals surface area contributed by atoms with Crippen LogP contribution in [0.1, 0.15) is 12.8 Å². The highest BCUT2D eigenvalue weighted by molar-refractivity contribution is 5.90. The summed E-state index contributed by atoms with van der Waals surface area (Å²) in [6, 6.07) is 0. The first kappa shape index (κ1) is 7.80. The molecule has 2 aliphatic rings. The van der Waals surface area contributed by atoms with E-state index in [1.165, 1.54) is 7.11 Å². The molecule has 0 aromatic rings. The van der Waals surface area contributed by atoms with Gasteiger partial charge in [0.2, 0.25) is 0 Å². The second kappa shape index (κ2) is 2.33. The van der Waals surface area contributed by atoms with Crippen LogP contribution in [0.25, 0.3) is 0 Å². The van der Waals surface area contributed by atoms with Crippen molar-refractivity contribution in [3.8, 4) is 0 Å². The molecule has 2 fully saturated rings. The first-order chi connectivity index (χ1) is 5.70. The Morgan fingerprint density at radius 2 is 2.25 bits per heavy atom. The average Bonchev–Trinajstić information content (AvgIpc) is 2.87. The highest BCUT2D eigenvalue weighted by Crippen LogP contribution is 2.58. The predicted octanol–water partition coefficient (Wildman–Crippen LogP) is 0.895. The van der Waals surface area contributed by atoms with Crippen LogP contribution in [0.3, 0.4) is 0 Å². The lowest BCUT2D eigenvalue weighted by atomic mass is 9.94. The van der Waals surface area contributed by atoms with Crippen LogP contribution in [-0.2, 0) is 14.3 Å². The summed E-state index contributed by atoms with van der Waals surface area (Å²) in [6.45, 7) is 4.54. The monoisotopic (exact) mass is 168 g/mol. The Balaban J connectivity index is 2.08. The Morgan fingerprint density at radius 1 is 1.67 bits per heavy atom. The number of hydrogen-bond donors (Lipinski definition) is 0. The zero-order valence-corrected chi connectivity index (χ0v) is 7.13. The number of carbonyl (C=O) groups is 1. The van der Waals surface area contributed by atoms with Gasteiger partial charge in [0.25, 0.3) is 0 Å². The average molecular weight is 168 g/mol. The number of epoxide rings is 1. The van der Waals surface area contributed by atoms with Crippen LogP contribution in [0.4, 0.5) is 0 Å². The van der Waals surface area contributed by atoms with Crippen molar-refractivity contribution in [1.82, 2.24) is 0 Å². The summed E-state index contributed by atoms with van der Waals surface area (Å²) < 4.78 is 9.81. The van der Waals surface area contributed by atoms with Crippen LogP contribution in [0, 0.1) is 5.41 Å². The van der Waals surface area contributed by atoms with E-state index in [1.54, 1.807) is 0 Å². The number of rotatable bonds is 3. The maximum atomic E-state index is 11.2. The van der Waals surface area contributed by atoms with Gasteiger partial charge in [0.15, 0.2) is 0 Å². The molecule has 1 saturated heterocycles. The zero-order valence-electron chi connectivity index (χ0n) is 7.13. The van der Waals surface area contributed by atoms with Crippen molar-refractivity contribution in [2.75, 3.05) is 13.7 Å². The molecule has 3 heteroatoms. The molecule has 1 aliphatic carbocycles. The minimum Gasteiger partial charge on any atom is -0.466 e. The van der Waals surface area contributed by atoms with Gasteiger partial charge in [-0.2, -0.15) is 0 Å². The molecule has 1 unspecified atom stereocenters. The number of esters is 1. The van der Waals surface area contributed by atoms with Gasteiger partial charge in [0.1, 0.15) is 0 Å². The quantitative estimate of drug-likeness (QED) is 0.357. The minimum absolute atomic E-state index is 0.0485. The Kier molecular flexibility index (Phi) is 1.51. The standard InChI is InChI=1S/C9H12O3/c1-6(8(10)11-2)9(3-4-9)7-5-12-7/h7H,1,3-5H2,2H3. The van der Waals surface area contributed by atoms with Crippen LogP contribution >= 0.6 is 0 Å². The lowest BCUT2D eigenvalue weighted by Gasteiger charge is -2.12. The third-order valence-electron chi connectivity index (χ3n) is 2.77. The molecule has 12 heavy (non-hydrogen) atoms. The smallest absolute Gasteiger partial charge is 0.333 e. The SMILES string of the molecule is C=C(C(=O)OC)C1(C2CO2)CC1. The van der Waals surface area contributed by atoms with Gasteiger partial charge in [-0.15, -0.1) is 0 Å². The van der Waals surface area contributed by atoms with Gasteiger partial charge in [-0.25, -0.2) is 4.79 Å². The number of hydrogen-bond acceptors (Lipinski definition) is 3. The van der Waals surface area contributed by atoms with E-state index in [1.807, 2.05) is 0 Å². The van der Waals surface area contributed by atoms with Crippen LogP contribution in [-0.4, -0.2) is 25.8 Å². The van der Waals surface area contributed by atoms with E-state index in [9.17, 15) is 4.79 Å². The molecule has 0 aromatic carbocycles. The van der Waals surface area contributed by atoms with Crippen molar-refractivity contribution in [1.29, 1.82) is 0 Å². The maximum absolute atomic E-state index is 11.2. The van der Waals surface area contributed by atoms with E-state index in [-0.39, 0.29) is 17.5 Å². The molecule has 1 aliphatic heterocycles. The maximum Gasteiger partial charge on any atom is 0.333 e. The van der Waals surface area contributed by atoms with Gasteiger partial charge in [-0.1, -0.05) is 6.58 Å². The second-order valence-electron chi connectivity index (χ2n) is 3.45. The third kappa shape index (κ3) is 0.966. The van der Waals surface area contributed by atoms with E-state index >= 15 is 0 Å². The molecular formula is C9H12O3. The molecule has 0 aromatic heterocycles. The van der Waals surface area contributed by atoms with E-state index < -0.39 is 0 Å². The molecule has 1 saturated carbocycles. The largest absolute Gasteiger partial charge is 0.466 e. The number of methoxy groups -OCH3 is 1. The highest BCUT2D eigenvalue weighted by atomic mass is 16.6. The van der Waals surface area contributed by atoms with Crippen molar-refractivity contribution in [3.63, 3.8) is 0 Å². The van der Waals surface area contributed by atoms with Crippen molar-refractivity contribution < 1.29 is 14.3 Å². The van der Waals surface area contributed by atoms with Gasteiger partial charge >= 0.3 is 5.97 Å². The van der Waals surface area contributed by atoms with Crippen LogP contribution in [0.5, 0.6) is 0 Å². The summed E-state index contributed by atoms with van der Waals surface area (Å²) in [6.07, 6.45) is 2.28. The van der Waals surface area contributed by atoms with Crippen molar-refractivity contribution in [3.05, 3.63) is 12.2 Å². The van der Waals surface area contributed by atoms with Crippen molar-refractivity contribution in [2.24, 2.45) is 5.41 Å². The van der Waals surface area contributed by atoms with Gasteiger partial charge in [-0.05, 0) is 12.8 Å². The van der Waals surface area contributed by atoms with E-state index in [0.717, 1.165) is 19.4 Å². The molecule has 2 rings (SSSR count).